The van der Waals surface area contributed by atoms with E-state index >= 15 is 0 Å². The number of likely N-dealkylation sites (N-methyl/N-ethyl adjacent to an activating group) is 1. The standard InChI is InChI=1S/C21H25N3O3S2/c1-23(2)19(18-14-28-20-8-6-5-7-17(18)20)13-22-21(25)15-9-11-16(12-10-15)29(26,27)24(3)4/h5-12,14,19H,13H2,1-4H3,(H,22,25)/t19-/m0/s1. The molecule has 1 atom stereocenters. The van der Waals surface area contributed by atoms with Crippen LogP contribution in [0.4, 0.5) is 0 Å². The van der Waals surface area contributed by atoms with E-state index in [0.717, 1.165) is 4.31 Å². The van der Waals surface area contributed by atoms with Gasteiger partial charge in [-0.25, -0.2) is 12.7 Å². The van der Waals surface area contributed by atoms with Crippen molar-refractivity contribution in [3.05, 3.63) is 65.0 Å². The molecule has 29 heavy (non-hydrogen) atoms. The monoisotopic (exact) mass is 431 g/mol. The smallest absolute Gasteiger partial charge is 0.251 e. The van der Waals surface area contributed by atoms with Crippen LogP contribution in [0, 0.1) is 0 Å². The number of benzene rings is 2. The van der Waals surface area contributed by atoms with E-state index < -0.39 is 10.0 Å². The van der Waals surface area contributed by atoms with E-state index in [0.29, 0.717) is 12.1 Å². The average Bonchev–Trinajstić information content (AvgIpc) is 3.11. The minimum atomic E-state index is -3.51. The van der Waals surface area contributed by atoms with Crippen LogP contribution < -0.4 is 5.32 Å². The Morgan fingerprint density at radius 1 is 1.03 bits per heavy atom. The summed E-state index contributed by atoms with van der Waals surface area (Å²) in [7, 11) is 3.43. The summed E-state index contributed by atoms with van der Waals surface area (Å²) in [6.07, 6.45) is 0. The molecule has 0 saturated carbocycles. The second-order valence-electron chi connectivity index (χ2n) is 7.19. The number of carbonyl (C=O) groups is 1. The van der Waals surface area contributed by atoms with E-state index in [1.165, 1.54) is 54.0 Å². The molecule has 0 fully saturated rings. The molecule has 0 aliphatic heterocycles. The number of fused-ring (bicyclic) bond motifs is 1. The van der Waals surface area contributed by atoms with Crippen molar-refractivity contribution in [2.75, 3.05) is 34.7 Å². The molecule has 1 aromatic heterocycles. The Morgan fingerprint density at radius 3 is 2.31 bits per heavy atom. The summed E-state index contributed by atoms with van der Waals surface area (Å²) < 4.78 is 26.7. The number of hydrogen-bond acceptors (Lipinski definition) is 5. The highest BCUT2D eigenvalue weighted by Gasteiger charge is 2.20. The number of nitrogens with zero attached hydrogens (tertiary/aromatic N) is 2. The van der Waals surface area contributed by atoms with Crippen LogP contribution >= 0.6 is 11.3 Å². The third-order valence-electron chi connectivity index (χ3n) is 4.84. The van der Waals surface area contributed by atoms with Crippen molar-refractivity contribution in [1.82, 2.24) is 14.5 Å². The van der Waals surface area contributed by atoms with Gasteiger partial charge in [0.2, 0.25) is 10.0 Å². The van der Waals surface area contributed by atoms with Gasteiger partial charge in [0.15, 0.2) is 0 Å². The summed E-state index contributed by atoms with van der Waals surface area (Å²) in [5.74, 6) is -0.231. The predicted octanol–water partition coefficient (Wildman–Crippen LogP) is 3.18. The minimum absolute atomic E-state index is 0.0310. The molecule has 0 spiro atoms. The topological polar surface area (TPSA) is 69.7 Å². The first-order valence-corrected chi connectivity index (χ1v) is 11.5. The maximum atomic E-state index is 12.6. The summed E-state index contributed by atoms with van der Waals surface area (Å²) in [5.41, 5.74) is 1.61. The van der Waals surface area contributed by atoms with Gasteiger partial charge >= 0.3 is 0 Å². The van der Waals surface area contributed by atoms with E-state index in [4.69, 9.17) is 0 Å². The highest BCUT2D eigenvalue weighted by atomic mass is 32.2. The molecule has 6 nitrogen and oxygen atoms in total. The first-order chi connectivity index (χ1) is 13.7. The largest absolute Gasteiger partial charge is 0.350 e. The molecule has 0 radical (unpaired) electrons. The highest BCUT2D eigenvalue weighted by Crippen LogP contribution is 2.32. The van der Waals surface area contributed by atoms with Crippen LogP contribution in [0.2, 0.25) is 0 Å². The lowest BCUT2D eigenvalue weighted by Gasteiger charge is -2.24. The fraction of sp³-hybridized carbons (Fsp3) is 0.286. The lowest BCUT2D eigenvalue weighted by molar-refractivity contribution is 0.0942. The second-order valence-corrected chi connectivity index (χ2v) is 10.3. The van der Waals surface area contributed by atoms with Crippen molar-refractivity contribution < 1.29 is 13.2 Å². The molecule has 8 heteroatoms. The average molecular weight is 432 g/mol. The Bertz CT molecular complexity index is 1100. The Balaban J connectivity index is 1.74. The number of amides is 1. The molecule has 1 amide bonds. The SMILES string of the molecule is CN(C)[C@@H](CNC(=O)c1ccc(S(=O)(=O)N(C)C)cc1)c1csc2ccccc12. The third-order valence-corrected chi connectivity index (χ3v) is 7.66. The maximum absolute atomic E-state index is 12.6. The molecular formula is C21H25N3O3S2. The lowest BCUT2D eigenvalue weighted by atomic mass is 10.0. The van der Waals surface area contributed by atoms with Gasteiger partial charge in [0, 0.05) is 30.9 Å². The zero-order valence-corrected chi connectivity index (χ0v) is 18.5. The Labute approximate surface area is 175 Å². The van der Waals surface area contributed by atoms with Gasteiger partial charge in [-0.15, -0.1) is 11.3 Å². The van der Waals surface area contributed by atoms with E-state index in [1.54, 1.807) is 11.3 Å². The summed E-state index contributed by atoms with van der Waals surface area (Å²) in [4.78, 5) is 14.9. The Kier molecular flexibility index (Phi) is 6.38. The summed E-state index contributed by atoms with van der Waals surface area (Å²) >= 11 is 1.70. The predicted molar refractivity (Wildman–Crippen MR) is 118 cm³/mol. The highest BCUT2D eigenvalue weighted by molar-refractivity contribution is 7.89. The van der Waals surface area contributed by atoms with Crippen LogP contribution in [0.1, 0.15) is 22.0 Å². The molecule has 0 aliphatic carbocycles. The molecule has 0 aliphatic rings. The second kappa shape index (κ2) is 8.62. The molecule has 3 rings (SSSR count). The number of rotatable bonds is 7. The van der Waals surface area contributed by atoms with Gasteiger partial charge in [-0.05, 0) is 60.8 Å². The van der Waals surface area contributed by atoms with E-state index in [2.05, 4.69) is 27.7 Å². The van der Waals surface area contributed by atoms with Gasteiger partial charge in [-0.2, -0.15) is 0 Å². The molecule has 1 heterocycles. The van der Waals surface area contributed by atoms with Crippen molar-refractivity contribution in [2.45, 2.75) is 10.9 Å². The fourth-order valence-corrected chi connectivity index (χ4v) is 5.02. The molecule has 0 saturated heterocycles. The lowest BCUT2D eigenvalue weighted by Crippen LogP contribution is -2.34. The Morgan fingerprint density at radius 2 is 1.69 bits per heavy atom. The van der Waals surface area contributed by atoms with Crippen LogP contribution in [-0.4, -0.2) is 58.3 Å². The minimum Gasteiger partial charge on any atom is -0.350 e. The number of carbonyl (C=O) groups excluding carboxylic acids is 1. The molecular weight excluding hydrogens is 406 g/mol. The van der Waals surface area contributed by atoms with Crippen molar-refractivity contribution in [2.24, 2.45) is 0 Å². The van der Waals surface area contributed by atoms with Crippen LogP contribution in [-0.2, 0) is 10.0 Å². The van der Waals surface area contributed by atoms with Gasteiger partial charge in [0.1, 0.15) is 0 Å². The van der Waals surface area contributed by atoms with E-state index in [1.807, 2.05) is 26.2 Å². The van der Waals surface area contributed by atoms with E-state index in [-0.39, 0.29) is 16.8 Å². The third kappa shape index (κ3) is 4.51. The van der Waals surface area contributed by atoms with Crippen molar-refractivity contribution in [3.8, 4) is 0 Å². The summed E-state index contributed by atoms with van der Waals surface area (Å²) in [5, 5.41) is 6.32. The summed E-state index contributed by atoms with van der Waals surface area (Å²) in [6.45, 7) is 0.449. The van der Waals surface area contributed by atoms with Gasteiger partial charge in [0.25, 0.3) is 5.91 Å². The van der Waals surface area contributed by atoms with Gasteiger partial charge in [-0.1, -0.05) is 18.2 Å². The van der Waals surface area contributed by atoms with Crippen molar-refractivity contribution in [3.63, 3.8) is 0 Å². The Hall–Kier alpha value is -2.26. The van der Waals surface area contributed by atoms with Crippen LogP contribution in [0.25, 0.3) is 10.1 Å². The van der Waals surface area contributed by atoms with Gasteiger partial charge in [0.05, 0.1) is 10.9 Å². The summed E-state index contributed by atoms with van der Waals surface area (Å²) in [6, 6.07) is 14.3. The normalized spacial score (nSPS) is 13.2. The number of thiophene rings is 1. The molecule has 0 unspecified atom stereocenters. The number of sulfonamides is 1. The maximum Gasteiger partial charge on any atom is 0.251 e. The molecule has 2 aromatic carbocycles. The quantitative estimate of drug-likeness (QED) is 0.624. The number of nitrogens with one attached hydrogen (secondary N) is 1. The zero-order chi connectivity index (χ0) is 21.2. The van der Waals surface area contributed by atoms with Crippen LogP contribution in [0.3, 0.4) is 0 Å². The molecule has 1 N–H and O–H groups in total. The first kappa shape index (κ1) is 21.4. The van der Waals surface area contributed by atoms with Crippen LogP contribution in [0.15, 0.2) is 58.8 Å². The molecule has 154 valence electrons. The van der Waals surface area contributed by atoms with Gasteiger partial charge in [-0.3, -0.25) is 4.79 Å². The zero-order valence-electron chi connectivity index (χ0n) is 16.9. The number of hydrogen-bond donors (Lipinski definition) is 1. The first-order valence-electron chi connectivity index (χ1n) is 9.15. The van der Waals surface area contributed by atoms with Gasteiger partial charge < -0.3 is 10.2 Å². The van der Waals surface area contributed by atoms with Crippen molar-refractivity contribution in [1.29, 1.82) is 0 Å². The molecule has 0 bridgehead atoms. The van der Waals surface area contributed by atoms with Crippen molar-refractivity contribution >= 4 is 37.4 Å². The van der Waals surface area contributed by atoms with Crippen LogP contribution in [0.5, 0.6) is 0 Å². The van der Waals surface area contributed by atoms with E-state index in [9.17, 15) is 13.2 Å². The molecule has 3 aromatic rings. The fourth-order valence-electron chi connectivity index (χ4n) is 3.11.